The van der Waals surface area contributed by atoms with E-state index in [1.165, 1.54) is 0 Å². The van der Waals surface area contributed by atoms with Crippen LogP contribution in [-0.4, -0.2) is 34.0 Å². The van der Waals surface area contributed by atoms with Crippen LogP contribution in [0.5, 0.6) is 5.75 Å². The number of phenolic OH excluding ortho intramolecular Hbond substituents is 1. The highest BCUT2D eigenvalue weighted by atomic mass is 16.5. The summed E-state index contributed by atoms with van der Waals surface area (Å²) in [6, 6.07) is 6.78. The largest absolute Gasteiger partial charge is 0.508 e. The molecule has 0 aliphatic carbocycles. The van der Waals surface area contributed by atoms with Gasteiger partial charge in [-0.25, -0.2) is 0 Å². The van der Waals surface area contributed by atoms with Gasteiger partial charge < -0.3 is 15.2 Å². The zero-order valence-electron chi connectivity index (χ0n) is 13.1. The number of H-pyrrole nitrogens is 1. The molecule has 0 spiro atoms. The van der Waals surface area contributed by atoms with E-state index < -0.39 is 0 Å². The minimum absolute atomic E-state index is 0.111. The number of nitrogens with one attached hydrogen (secondary N) is 2. The highest BCUT2D eigenvalue weighted by molar-refractivity contribution is 5.94. The molecule has 7 heteroatoms. The van der Waals surface area contributed by atoms with Crippen molar-refractivity contribution in [1.82, 2.24) is 9.78 Å². The average Bonchev–Trinajstić information content (AvgIpc) is 2.92. The van der Waals surface area contributed by atoms with Crippen LogP contribution in [0.25, 0.3) is 0 Å². The Morgan fingerprint density at radius 3 is 2.54 bits per heavy atom. The van der Waals surface area contributed by atoms with E-state index in [0.717, 1.165) is 18.4 Å². The van der Waals surface area contributed by atoms with E-state index in [1.807, 2.05) is 0 Å². The predicted octanol–water partition coefficient (Wildman–Crippen LogP) is 1.71. The Hall–Kier alpha value is -2.54. The predicted molar refractivity (Wildman–Crippen MR) is 87.3 cm³/mol. The molecule has 2 aromatic rings. The molecular weight excluding hydrogens is 310 g/mol. The van der Waals surface area contributed by atoms with Crippen molar-refractivity contribution in [1.29, 1.82) is 0 Å². The maximum Gasteiger partial charge on any atom is 0.270 e. The second-order valence-corrected chi connectivity index (χ2v) is 6.31. The summed E-state index contributed by atoms with van der Waals surface area (Å²) in [5.41, 5.74) is 1.26. The molecule has 1 aromatic carbocycles. The van der Waals surface area contributed by atoms with Crippen LogP contribution in [0.4, 0.5) is 5.82 Å². The lowest BCUT2D eigenvalue weighted by Gasteiger charge is -2.28. The highest BCUT2D eigenvalue weighted by Crippen LogP contribution is 2.37. The van der Waals surface area contributed by atoms with Gasteiger partial charge in [0.2, 0.25) is 5.91 Å². The summed E-state index contributed by atoms with van der Waals surface area (Å²) in [6.07, 6.45) is 1.83. The molecule has 1 amide bonds. The van der Waals surface area contributed by atoms with Gasteiger partial charge in [-0.15, -0.1) is 0 Å². The normalized spacial score (nSPS) is 21.3. The van der Waals surface area contributed by atoms with Crippen LogP contribution in [0.15, 0.2) is 29.1 Å². The number of aromatic nitrogens is 2. The standard InChI is InChI=1S/C17H19N3O4/c21-12-3-1-10(2-4-12)13-9-14(22)18-16-15(13)17(23)19-20(16)11-5-7-24-8-6-11/h1-4,11,13,21H,5-9H2,(H,18,22)(H,19,23). The van der Waals surface area contributed by atoms with Crippen LogP contribution < -0.4 is 10.9 Å². The Balaban J connectivity index is 1.79. The Labute approximate surface area is 138 Å². The summed E-state index contributed by atoms with van der Waals surface area (Å²) in [4.78, 5) is 24.8. The Bertz CT molecular complexity index is 815. The number of aromatic hydroxyl groups is 1. The number of carbonyl (C=O) groups is 1. The molecule has 3 N–H and O–H groups in total. The van der Waals surface area contributed by atoms with Crippen molar-refractivity contribution < 1.29 is 14.6 Å². The smallest absolute Gasteiger partial charge is 0.270 e. The lowest BCUT2D eigenvalue weighted by atomic mass is 9.87. The summed E-state index contributed by atoms with van der Waals surface area (Å²) in [5.74, 6) is 0.314. The van der Waals surface area contributed by atoms with Gasteiger partial charge in [0.15, 0.2) is 0 Å². The van der Waals surface area contributed by atoms with Gasteiger partial charge in [-0.3, -0.25) is 19.4 Å². The molecule has 3 heterocycles. The van der Waals surface area contributed by atoms with Gasteiger partial charge in [-0.1, -0.05) is 12.1 Å². The van der Waals surface area contributed by atoms with Crippen molar-refractivity contribution in [3.63, 3.8) is 0 Å². The molecule has 0 saturated carbocycles. The lowest BCUT2D eigenvalue weighted by molar-refractivity contribution is -0.116. The molecule has 0 bridgehead atoms. The number of aromatic amines is 1. The first-order chi connectivity index (χ1) is 11.6. The zero-order chi connectivity index (χ0) is 16.7. The molecule has 0 radical (unpaired) electrons. The molecule has 1 fully saturated rings. The lowest BCUT2D eigenvalue weighted by Crippen LogP contribution is -2.28. The maximum atomic E-state index is 12.6. The van der Waals surface area contributed by atoms with Crippen molar-refractivity contribution in [3.05, 3.63) is 45.7 Å². The second-order valence-electron chi connectivity index (χ2n) is 6.31. The second kappa shape index (κ2) is 5.83. The number of hydrogen-bond donors (Lipinski definition) is 3. The third-order valence-electron chi connectivity index (χ3n) is 4.81. The van der Waals surface area contributed by atoms with Crippen LogP contribution in [0.2, 0.25) is 0 Å². The number of ether oxygens (including phenoxy) is 1. The van der Waals surface area contributed by atoms with Gasteiger partial charge in [-0.05, 0) is 30.5 Å². The van der Waals surface area contributed by atoms with Crippen molar-refractivity contribution >= 4 is 11.7 Å². The van der Waals surface area contributed by atoms with E-state index in [4.69, 9.17) is 4.74 Å². The van der Waals surface area contributed by atoms with Gasteiger partial charge in [-0.2, -0.15) is 0 Å². The number of phenols is 1. The van der Waals surface area contributed by atoms with Crippen LogP contribution in [0.1, 0.15) is 42.3 Å². The van der Waals surface area contributed by atoms with E-state index in [0.29, 0.717) is 24.6 Å². The molecule has 1 atom stereocenters. The Morgan fingerprint density at radius 1 is 1.12 bits per heavy atom. The number of benzene rings is 1. The van der Waals surface area contributed by atoms with Crippen LogP contribution >= 0.6 is 0 Å². The van der Waals surface area contributed by atoms with Gasteiger partial charge in [0.05, 0.1) is 11.6 Å². The fraction of sp³-hybridized carbons (Fsp3) is 0.412. The van der Waals surface area contributed by atoms with Gasteiger partial charge in [0.1, 0.15) is 11.6 Å². The third-order valence-corrected chi connectivity index (χ3v) is 4.81. The number of hydrogen-bond acceptors (Lipinski definition) is 4. The molecule has 1 aromatic heterocycles. The molecule has 1 unspecified atom stereocenters. The minimum atomic E-state index is -0.306. The van der Waals surface area contributed by atoms with E-state index >= 15 is 0 Å². The summed E-state index contributed by atoms with van der Waals surface area (Å²) in [7, 11) is 0. The van der Waals surface area contributed by atoms with Crippen LogP contribution in [0.3, 0.4) is 0 Å². The summed E-state index contributed by atoms with van der Waals surface area (Å²) >= 11 is 0. The molecule has 4 rings (SSSR count). The van der Waals surface area contributed by atoms with E-state index in [2.05, 4.69) is 10.4 Å². The summed E-state index contributed by atoms with van der Waals surface area (Å²) in [5, 5.41) is 15.2. The minimum Gasteiger partial charge on any atom is -0.508 e. The van der Waals surface area contributed by atoms with E-state index in [1.54, 1.807) is 28.9 Å². The number of nitrogens with zero attached hydrogens (tertiary/aromatic N) is 1. The number of amides is 1. The first-order valence-electron chi connectivity index (χ1n) is 8.14. The van der Waals surface area contributed by atoms with Crippen molar-refractivity contribution in [2.45, 2.75) is 31.2 Å². The average molecular weight is 329 g/mol. The van der Waals surface area contributed by atoms with Crippen LogP contribution in [-0.2, 0) is 9.53 Å². The topological polar surface area (TPSA) is 96.3 Å². The quantitative estimate of drug-likeness (QED) is 0.781. The maximum absolute atomic E-state index is 12.6. The van der Waals surface area contributed by atoms with Crippen molar-refractivity contribution in [3.8, 4) is 5.75 Å². The SMILES string of the molecule is O=C1CC(c2ccc(O)cc2)c2c(n(C3CCOCC3)[nH]c2=O)N1. The highest BCUT2D eigenvalue weighted by Gasteiger charge is 2.34. The van der Waals surface area contributed by atoms with Gasteiger partial charge >= 0.3 is 0 Å². The van der Waals surface area contributed by atoms with E-state index in [9.17, 15) is 14.7 Å². The third kappa shape index (κ3) is 2.50. The Kier molecular flexibility index (Phi) is 3.65. The fourth-order valence-electron chi connectivity index (χ4n) is 3.59. The monoisotopic (exact) mass is 329 g/mol. The molecule has 1 saturated heterocycles. The number of rotatable bonds is 2. The summed E-state index contributed by atoms with van der Waals surface area (Å²) < 4.78 is 7.17. The van der Waals surface area contributed by atoms with Gasteiger partial charge in [0.25, 0.3) is 5.56 Å². The molecule has 7 nitrogen and oxygen atoms in total. The number of carbonyl (C=O) groups excluding carboxylic acids is 1. The van der Waals surface area contributed by atoms with Crippen molar-refractivity contribution in [2.24, 2.45) is 0 Å². The molecule has 2 aliphatic rings. The molecular formula is C17H19N3O4. The Morgan fingerprint density at radius 2 is 1.83 bits per heavy atom. The van der Waals surface area contributed by atoms with Crippen LogP contribution in [0, 0.1) is 0 Å². The zero-order valence-corrected chi connectivity index (χ0v) is 13.1. The number of anilines is 1. The van der Waals surface area contributed by atoms with Crippen molar-refractivity contribution in [2.75, 3.05) is 18.5 Å². The number of fused-ring (bicyclic) bond motifs is 1. The van der Waals surface area contributed by atoms with Gasteiger partial charge in [0, 0.05) is 25.6 Å². The molecule has 126 valence electrons. The summed E-state index contributed by atoms with van der Waals surface area (Å²) in [6.45, 7) is 1.30. The van der Waals surface area contributed by atoms with E-state index in [-0.39, 0.29) is 35.6 Å². The first-order valence-corrected chi connectivity index (χ1v) is 8.14. The fourth-order valence-corrected chi connectivity index (χ4v) is 3.59. The first kappa shape index (κ1) is 15.0. The molecule has 24 heavy (non-hydrogen) atoms. The molecule has 2 aliphatic heterocycles.